The highest BCUT2D eigenvalue weighted by Crippen LogP contribution is 2.49. The van der Waals surface area contributed by atoms with E-state index < -0.39 is 156 Å². The number of carbonyl (C=O) groups excluding carboxylic acids is 3. The van der Waals surface area contributed by atoms with Crippen LogP contribution in [0.2, 0.25) is 0 Å². The molecule has 25 heteroatoms. The van der Waals surface area contributed by atoms with Crippen molar-refractivity contribution < 1.29 is 117 Å². The molecule has 1 aliphatic carbocycles. The van der Waals surface area contributed by atoms with Crippen molar-refractivity contribution in [2.24, 2.45) is 0 Å². The van der Waals surface area contributed by atoms with Crippen LogP contribution in [0.25, 0.3) is 0 Å². The van der Waals surface area contributed by atoms with Gasteiger partial charge in [0.15, 0.2) is 18.7 Å². The summed E-state index contributed by atoms with van der Waals surface area (Å²) >= 11 is 0. The first kappa shape index (κ1) is 88.2. The zero-order chi connectivity index (χ0) is 70.4. The minimum atomic E-state index is -5.69. The van der Waals surface area contributed by atoms with E-state index in [4.69, 9.17) is 42.2 Å². The summed E-state index contributed by atoms with van der Waals surface area (Å²) < 4.78 is 65.0. The third-order valence-corrected chi connectivity index (χ3v) is 19.9. The fourth-order valence-electron chi connectivity index (χ4n) is 12.7. The van der Waals surface area contributed by atoms with Crippen LogP contribution >= 0.6 is 7.82 Å². The minimum Gasteiger partial charge on any atom is -0.463 e. The Balaban J connectivity index is 1.74. The van der Waals surface area contributed by atoms with E-state index in [1.54, 1.807) is 0 Å². The number of aliphatic hydroxyl groups excluding tert-OH is 10. The standard InChI is InChI=1S/C71H133O24P/c1-4-7-10-13-16-19-22-24-26-28-31-34-36-39-42-45-55(73)87-49-52(90-57(75)47-44-41-38-35-32-29-27-25-23-20-17-14-11-8-5-2)50-89-96(85,86)95-69-67(93-70-65(83)60(78)58(76)53(48-72)91-70)63(81)62(80)64(82)68(69)94-71-66(84)61(79)59(77)54(92-71)51-88-56(74)46-43-40-37-33-30-21-18-15-12-9-6-3/h52-54,58-72,76-84H,4-51H2,1-3H3,(H,85,86). The van der Waals surface area contributed by atoms with Gasteiger partial charge in [-0.1, -0.05) is 265 Å². The normalized spacial score (nSPS) is 27.9. The lowest BCUT2D eigenvalue weighted by atomic mass is 9.84. The smallest absolute Gasteiger partial charge is 0.463 e. The van der Waals surface area contributed by atoms with Crippen LogP contribution in [0.5, 0.6) is 0 Å². The quantitative estimate of drug-likeness (QED) is 0.0117. The summed E-state index contributed by atoms with van der Waals surface area (Å²) in [6, 6.07) is 0. The van der Waals surface area contributed by atoms with Crippen molar-refractivity contribution >= 4 is 25.7 Å². The van der Waals surface area contributed by atoms with Gasteiger partial charge in [-0.25, -0.2) is 4.57 Å². The van der Waals surface area contributed by atoms with E-state index >= 15 is 0 Å². The molecule has 0 aromatic carbocycles. The van der Waals surface area contributed by atoms with Gasteiger partial charge in [0.05, 0.1) is 13.2 Å². The molecule has 0 radical (unpaired) electrons. The number of carbonyl (C=O) groups is 3. The van der Waals surface area contributed by atoms with Gasteiger partial charge in [-0.3, -0.25) is 23.4 Å². The second-order valence-corrected chi connectivity index (χ2v) is 28.8. The fourth-order valence-corrected chi connectivity index (χ4v) is 13.7. The van der Waals surface area contributed by atoms with E-state index in [-0.39, 0.29) is 19.3 Å². The van der Waals surface area contributed by atoms with Gasteiger partial charge >= 0.3 is 25.7 Å². The van der Waals surface area contributed by atoms with E-state index in [9.17, 15) is 74.9 Å². The molecule has 3 aliphatic rings. The lowest BCUT2D eigenvalue weighted by Gasteiger charge is -2.49. The highest BCUT2D eigenvalue weighted by Gasteiger charge is 2.58. The molecule has 3 fully saturated rings. The van der Waals surface area contributed by atoms with Gasteiger partial charge in [0.2, 0.25) is 0 Å². The van der Waals surface area contributed by atoms with E-state index in [0.29, 0.717) is 19.3 Å². The van der Waals surface area contributed by atoms with E-state index in [1.807, 2.05) is 0 Å². The van der Waals surface area contributed by atoms with E-state index in [2.05, 4.69) is 20.8 Å². The fraction of sp³-hybridized carbons (Fsp3) is 0.958. The first-order chi connectivity index (χ1) is 46.3. The molecule has 2 aliphatic heterocycles. The Morgan fingerprint density at radius 3 is 1.02 bits per heavy atom. The maximum absolute atomic E-state index is 14.3. The molecule has 11 N–H and O–H groups in total. The van der Waals surface area contributed by atoms with E-state index in [0.717, 1.165) is 89.9 Å². The van der Waals surface area contributed by atoms with Crippen molar-refractivity contribution in [1.82, 2.24) is 0 Å². The summed E-state index contributed by atoms with van der Waals surface area (Å²) in [4.78, 5) is 51.0. The van der Waals surface area contributed by atoms with Gasteiger partial charge in [-0.15, -0.1) is 0 Å². The molecule has 18 atom stereocenters. The molecule has 1 saturated carbocycles. The van der Waals surface area contributed by atoms with Crippen LogP contribution in [0, 0.1) is 0 Å². The number of ether oxygens (including phenoxy) is 7. The molecule has 0 aromatic rings. The zero-order valence-electron chi connectivity index (χ0n) is 58.9. The summed E-state index contributed by atoms with van der Waals surface area (Å²) in [7, 11) is -5.69. The van der Waals surface area contributed by atoms with Gasteiger partial charge in [-0.2, -0.15) is 0 Å². The highest BCUT2D eigenvalue weighted by molar-refractivity contribution is 7.47. The number of hydrogen-bond acceptors (Lipinski definition) is 23. The summed E-state index contributed by atoms with van der Waals surface area (Å²) in [5, 5.41) is 110. The Morgan fingerprint density at radius 1 is 0.365 bits per heavy atom. The maximum atomic E-state index is 14.3. The first-order valence-corrected chi connectivity index (χ1v) is 39.3. The Bertz CT molecular complexity index is 1990. The Labute approximate surface area is 574 Å². The summed E-state index contributed by atoms with van der Waals surface area (Å²) in [5.74, 6) is -1.97. The number of hydrogen-bond donors (Lipinski definition) is 11. The minimum absolute atomic E-state index is 0.0328. The summed E-state index contributed by atoms with van der Waals surface area (Å²) in [6.45, 7) is 3.46. The zero-order valence-corrected chi connectivity index (χ0v) is 59.8. The van der Waals surface area contributed by atoms with Crippen LogP contribution in [-0.4, -0.2) is 204 Å². The van der Waals surface area contributed by atoms with Crippen molar-refractivity contribution in [2.75, 3.05) is 26.4 Å². The highest BCUT2D eigenvalue weighted by atomic mass is 31.2. The molecular formula is C71H133O24P. The lowest BCUT2D eigenvalue weighted by Crippen LogP contribution is -2.69. The summed E-state index contributed by atoms with van der Waals surface area (Å²) in [5.41, 5.74) is 0. The molecule has 24 nitrogen and oxygen atoms in total. The SMILES string of the molecule is CCCCCCCCCCCCCCCCCC(=O)OCC(COP(=O)(O)OC1C(OC2OC(CO)C(O)C(O)C2O)C(O)C(O)C(O)C1OC1OC(COC(=O)CCCCCCCCCCCCC)C(O)C(O)C1O)OC(=O)CCCCCCCCCCCCCCCCC. The molecule has 0 aromatic heterocycles. The number of unbranched alkanes of at least 4 members (excludes halogenated alkanes) is 38. The predicted octanol–water partition coefficient (Wildman–Crippen LogP) is 10.2. The van der Waals surface area contributed by atoms with Crippen molar-refractivity contribution in [2.45, 2.75) is 407 Å². The molecule has 0 spiro atoms. The average Bonchev–Trinajstić information content (AvgIpc) is 0.795. The monoisotopic (exact) mass is 1400 g/mol. The Morgan fingerprint density at radius 2 is 0.667 bits per heavy atom. The Hall–Kier alpha value is -2.04. The third-order valence-electron chi connectivity index (χ3n) is 18.9. The molecular weight excluding hydrogens is 1270 g/mol. The third kappa shape index (κ3) is 36.7. The molecule has 3 rings (SSSR count). The maximum Gasteiger partial charge on any atom is 0.472 e. The molecule has 0 bridgehead atoms. The first-order valence-electron chi connectivity index (χ1n) is 37.8. The molecule has 96 heavy (non-hydrogen) atoms. The average molecular weight is 1400 g/mol. The topological polar surface area (TPSA) is 374 Å². The van der Waals surface area contributed by atoms with Gasteiger partial charge < -0.3 is 89.1 Å². The predicted molar refractivity (Wildman–Crippen MR) is 361 cm³/mol. The van der Waals surface area contributed by atoms with Crippen molar-refractivity contribution in [3.05, 3.63) is 0 Å². The molecule has 2 saturated heterocycles. The molecule has 18 unspecified atom stereocenters. The van der Waals surface area contributed by atoms with E-state index in [1.165, 1.54) is 154 Å². The van der Waals surface area contributed by atoms with Crippen LogP contribution in [0.3, 0.4) is 0 Å². The summed E-state index contributed by atoms with van der Waals surface area (Å²) in [6.07, 6.45) is 10.3. The van der Waals surface area contributed by atoms with Crippen LogP contribution in [0.1, 0.15) is 303 Å². The number of phosphoric ester groups is 1. The number of rotatable bonds is 59. The van der Waals surface area contributed by atoms with Gasteiger partial charge in [0, 0.05) is 19.3 Å². The van der Waals surface area contributed by atoms with Gasteiger partial charge in [-0.05, 0) is 19.3 Å². The van der Waals surface area contributed by atoms with Crippen LogP contribution in [-0.2, 0) is 61.2 Å². The van der Waals surface area contributed by atoms with Crippen molar-refractivity contribution in [3.63, 3.8) is 0 Å². The Kier molecular flexibility index (Phi) is 49.4. The lowest BCUT2D eigenvalue weighted by molar-refractivity contribution is -0.360. The van der Waals surface area contributed by atoms with Crippen molar-refractivity contribution in [1.29, 1.82) is 0 Å². The number of esters is 3. The van der Waals surface area contributed by atoms with Crippen LogP contribution in [0.4, 0.5) is 0 Å². The van der Waals surface area contributed by atoms with Crippen LogP contribution in [0.15, 0.2) is 0 Å². The molecule has 2 heterocycles. The second-order valence-electron chi connectivity index (χ2n) is 27.4. The van der Waals surface area contributed by atoms with Crippen molar-refractivity contribution in [3.8, 4) is 0 Å². The molecule has 0 amide bonds. The van der Waals surface area contributed by atoms with Gasteiger partial charge in [0.25, 0.3) is 0 Å². The van der Waals surface area contributed by atoms with Crippen LogP contribution < -0.4 is 0 Å². The molecule has 566 valence electrons. The second kappa shape index (κ2) is 53.7. The van der Waals surface area contributed by atoms with Gasteiger partial charge in [0.1, 0.15) is 98.7 Å². The number of phosphoric acid groups is 1. The number of aliphatic hydroxyl groups is 10. The largest absolute Gasteiger partial charge is 0.472 e.